The van der Waals surface area contributed by atoms with Crippen LogP contribution >= 0.6 is 0 Å². The van der Waals surface area contributed by atoms with E-state index >= 15 is 0 Å². The quantitative estimate of drug-likeness (QED) is 0.226. The molecule has 0 bridgehead atoms. The lowest BCUT2D eigenvalue weighted by Crippen LogP contribution is -2.20. The average Bonchev–Trinajstić information content (AvgIpc) is 2.73. The summed E-state index contributed by atoms with van der Waals surface area (Å²) in [5.41, 5.74) is 0. The monoisotopic (exact) mass is 416 g/mol. The van der Waals surface area contributed by atoms with Gasteiger partial charge in [0.25, 0.3) is 0 Å². The second-order valence-corrected chi connectivity index (χ2v) is 7.93. The molecule has 0 aromatic carbocycles. The average molecular weight is 417 g/mol. The number of hydrogen-bond acceptors (Lipinski definition) is 6. The molecule has 29 heavy (non-hydrogen) atoms. The second kappa shape index (κ2) is 20.1. The first kappa shape index (κ1) is 27.9. The van der Waals surface area contributed by atoms with Gasteiger partial charge < -0.3 is 19.7 Å². The highest BCUT2D eigenvalue weighted by Crippen LogP contribution is 2.19. The van der Waals surface area contributed by atoms with E-state index in [1.54, 1.807) is 0 Å². The minimum Gasteiger partial charge on any atom is -0.465 e. The predicted molar refractivity (Wildman–Crippen MR) is 114 cm³/mol. The van der Waals surface area contributed by atoms with Crippen molar-refractivity contribution in [1.29, 1.82) is 0 Å². The molecule has 0 heterocycles. The number of carbonyl (C=O) groups is 2. The molecule has 0 rings (SSSR count). The van der Waals surface area contributed by atoms with E-state index in [1.165, 1.54) is 19.3 Å². The van der Waals surface area contributed by atoms with Gasteiger partial charge in [-0.2, -0.15) is 0 Å². The van der Waals surface area contributed by atoms with Gasteiger partial charge in [-0.1, -0.05) is 65.2 Å². The Morgan fingerprint density at radius 1 is 0.759 bits per heavy atom. The van der Waals surface area contributed by atoms with Crippen LogP contribution in [-0.2, 0) is 19.1 Å². The topological polar surface area (TPSA) is 93.1 Å². The van der Waals surface area contributed by atoms with E-state index in [-0.39, 0.29) is 37.7 Å². The Kier molecular flexibility index (Phi) is 19.4. The third-order valence-electron chi connectivity index (χ3n) is 5.16. The van der Waals surface area contributed by atoms with Crippen molar-refractivity contribution >= 4 is 11.9 Å². The SMILES string of the molecule is CCCCCCC(CCCC)C(=O)OCCCCCCC(=O)OCC(CO)CO. The van der Waals surface area contributed by atoms with Crippen LogP contribution in [0.3, 0.4) is 0 Å². The fourth-order valence-corrected chi connectivity index (χ4v) is 3.11. The maximum Gasteiger partial charge on any atom is 0.308 e. The fraction of sp³-hybridized carbons (Fsp3) is 0.913. The molecule has 6 nitrogen and oxygen atoms in total. The molecule has 0 saturated heterocycles. The van der Waals surface area contributed by atoms with E-state index in [0.717, 1.165) is 57.8 Å². The molecule has 1 unspecified atom stereocenters. The maximum atomic E-state index is 12.3. The summed E-state index contributed by atoms with van der Waals surface area (Å²) >= 11 is 0. The largest absolute Gasteiger partial charge is 0.465 e. The number of ether oxygens (including phenoxy) is 2. The molecule has 0 amide bonds. The van der Waals surface area contributed by atoms with E-state index in [9.17, 15) is 9.59 Å². The van der Waals surface area contributed by atoms with Crippen LogP contribution in [0.5, 0.6) is 0 Å². The molecule has 6 heteroatoms. The first-order chi connectivity index (χ1) is 14.1. The van der Waals surface area contributed by atoms with Crippen LogP contribution in [0.4, 0.5) is 0 Å². The minimum absolute atomic E-state index is 0.0409. The Morgan fingerprint density at radius 2 is 1.38 bits per heavy atom. The Bertz CT molecular complexity index is 395. The maximum absolute atomic E-state index is 12.3. The molecule has 0 fully saturated rings. The van der Waals surface area contributed by atoms with Gasteiger partial charge in [0, 0.05) is 12.3 Å². The fourth-order valence-electron chi connectivity index (χ4n) is 3.11. The van der Waals surface area contributed by atoms with E-state index in [0.29, 0.717) is 13.0 Å². The van der Waals surface area contributed by atoms with Gasteiger partial charge in [-0.3, -0.25) is 9.59 Å². The van der Waals surface area contributed by atoms with Crippen LogP contribution < -0.4 is 0 Å². The van der Waals surface area contributed by atoms with Gasteiger partial charge in [0.05, 0.1) is 32.3 Å². The summed E-state index contributed by atoms with van der Waals surface area (Å²) in [5, 5.41) is 17.9. The molecule has 0 aromatic rings. The standard InChI is InChI=1S/C23H44O6/c1-3-5-7-10-14-21(13-6-4-2)23(27)28-16-12-9-8-11-15-22(26)29-19-20(17-24)18-25/h20-21,24-25H,3-19H2,1-2H3. The first-order valence-electron chi connectivity index (χ1n) is 11.6. The summed E-state index contributed by atoms with van der Waals surface area (Å²) < 4.78 is 10.5. The van der Waals surface area contributed by atoms with Gasteiger partial charge in [0.2, 0.25) is 0 Å². The van der Waals surface area contributed by atoms with Gasteiger partial charge in [-0.15, -0.1) is 0 Å². The summed E-state index contributed by atoms with van der Waals surface area (Å²) in [6, 6.07) is 0. The van der Waals surface area contributed by atoms with E-state index < -0.39 is 5.92 Å². The molecule has 0 aliphatic carbocycles. The third-order valence-corrected chi connectivity index (χ3v) is 5.16. The molecule has 2 N–H and O–H groups in total. The van der Waals surface area contributed by atoms with Crippen molar-refractivity contribution in [3.05, 3.63) is 0 Å². The van der Waals surface area contributed by atoms with Crippen molar-refractivity contribution in [2.45, 2.75) is 97.3 Å². The van der Waals surface area contributed by atoms with Crippen LogP contribution in [0, 0.1) is 11.8 Å². The van der Waals surface area contributed by atoms with Gasteiger partial charge >= 0.3 is 11.9 Å². The van der Waals surface area contributed by atoms with Crippen LogP contribution in [0.25, 0.3) is 0 Å². The summed E-state index contributed by atoms with van der Waals surface area (Å²) in [7, 11) is 0. The van der Waals surface area contributed by atoms with E-state index in [4.69, 9.17) is 19.7 Å². The van der Waals surface area contributed by atoms with Gasteiger partial charge in [0.15, 0.2) is 0 Å². The molecular formula is C23H44O6. The van der Waals surface area contributed by atoms with Crippen molar-refractivity contribution in [3.63, 3.8) is 0 Å². The molecule has 0 spiro atoms. The van der Waals surface area contributed by atoms with Crippen molar-refractivity contribution in [3.8, 4) is 0 Å². The zero-order valence-electron chi connectivity index (χ0n) is 18.7. The Morgan fingerprint density at radius 3 is 2.03 bits per heavy atom. The molecule has 1 atom stereocenters. The number of aliphatic hydroxyl groups is 2. The molecule has 0 aliphatic heterocycles. The minimum atomic E-state index is -0.401. The predicted octanol–water partition coefficient (Wildman–Crippen LogP) is 4.40. The highest BCUT2D eigenvalue weighted by Gasteiger charge is 2.19. The van der Waals surface area contributed by atoms with Crippen LogP contribution in [0.1, 0.15) is 97.3 Å². The second-order valence-electron chi connectivity index (χ2n) is 7.93. The number of hydrogen-bond donors (Lipinski definition) is 2. The number of esters is 2. The van der Waals surface area contributed by atoms with Crippen molar-refractivity contribution in [2.24, 2.45) is 11.8 Å². The van der Waals surface area contributed by atoms with E-state index in [2.05, 4.69) is 13.8 Å². The van der Waals surface area contributed by atoms with Crippen molar-refractivity contribution < 1.29 is 29.3 Å². The Labute approximate surface area is 177 Å². The smallest absolute Gasteiger partial charge is 0.308 e. The molecule has 172 valence electrons. The molecule has 0 radical (unpaired) electrons. The highest BCUT2D eigenvalue weighted by atomic mass is 16.5. The molecular weight excluding hydrogens is 372 g/mol. The Hall–Kier alpha value is -1.14. The molecule has 0 aromatic heterocycles. The number of carbonyl (C=O) groups excluding carboxylic acids is 2. The first-order valence-corrected chi connectivity index (χ1v) is 11.6. The summed E-state index contributed by atoms with van der Waals surface area (Å²) in [4.78, 5) is 23.9. The molecule has 0 aliphatic rings. The summed E-state index contributed by atoms with van der Waals surface area (Å²) in [6.07, 6.45) is 12.4. The third kappa shape index (κ3) is 16.4. The zero-order chi connectivity index (χ0) is 21.7. The van der Waals surface area contributed by atoms with Gasteiger partial charge in [0.1, 0.15) is 0 Å². The lowest BCUT2D eigenvalue weighted by molar-refractivity contribution is -0.149. The normalized spacial score (nSPS) is 12.2. The number of rotatable bonds is 20. The van der Waals surface area contributed by atoms with Gasteiger partial charge in [-0.25, -0.2) is 0 Å². The lowest BCUT2D eigenvalue weighted by Gasteiger charge is -2.15. The highest BCUT2D eigenvalue weighted by molar-refractivity contribution is 5.72. The Balaban J connectivity index is 3.81. The van der Waals surface area contributed by atoms with Crippen LogP contribution in [0.15, 0.2) is 0 Å². The lowest BCUT2D eigenvalue weighted by atomic mass is 9.95. The summed E-state index contributed by atoms with van der Waals surface area (Å²) in [5.74, 6) is -0.698. The number of unbranched alkanes of at least 4 members (excludes halogenated alkanes) is 7. The van der Waals surface area contributed by atoms with Gasteiger partial charge in [-0.05, 0) is 25.7 Å². The molecule has 0 saturated carbocycles. The van der Waals surface area contributed by atoms with Crippen LogP contribution in [0.2, 0.25) is 0 Å². The van der Waals surface area contributed by atoms with Crippen molar-refractivity contribution in [2.75, 3.05) is 26.4 Å². The summed E-state index contributed by atoms with van der Waals surface area (Å²) in [6.45, 7) is 4.46. The zero-order valence-corrected chi connectivity index (χ0v) is 18.7. The van der Waals surface area contributed by atoms with Crippen LogP contribution in [-0.4, -0.2) is 48.6 Å². The van der Waals surface area contributed by atoms with E-state index in [1.807, 2.05) is 0 Å². The van der Waals surface area contributed by atoms with Crippen molar-refractivity contribution in [1.82, 2.24) is 0 Å². The number of aliphatic hydroxyl groups excluding tert-OH is 2.